The third-order valence-corrected chi connectivity index (χ3v) is 5.12. The molecule has 2 aromatic heterocycles. The Morgan fingerprint density at radius 3 is 2.39 bits per heavy atom. The Kier molecular flexibility index (Phi) is 5.46. The van der Waals surface area contributed by atoms with Crippen molar-refractivity contribution < 1.29 is 0 Å². The molecule has 0 aliphatic heterocycles. The molecule has 6 heteroatoms. The van der Waals surface area contributed by atoms with Gasteiger partial charge in [0.25, 0.3) is 0 Å². The zero-order valence-corrected chi connectivity index (χ0v) is 16.4. The number of nitrogens with zero attached hydrogens (tertiary/aromatic N) is 5. The first-order chi connectivity index (χ1) is 13.7. The Balaban J connectivity index is 1.76. The average Bonchev–Trinajstić information content (AvgIpc) is 3.23. The molecular formula is C22H26N6. The van der Waals surface area contributed by atoms with Gasteiger partial charge in [0.05, 0.1) is 18.1 Å². The van der Waals surface area contributed by atoms with Crippen LogP contribution in [-0.4, -0.2) is 32.0 Å². The Labute approximate surface area is 166 Å². The van der Waals surface area contributed by atoms with Gasteiger partial charge in [0.1, 0.15) is 18.0 Å². The molecule has 3 aromatic rings. The highest BCUT2D eigenvalue weighted by Gasteiger charge is 2.26. The summed E-state index contributed by atoms with van der Waals surface area (Å²) in [5, 5.41) is 3.34. The van der Waals surface area contributed by atoms with Gasteiger partial charge in [0.2, 0.25) is 0 Å². The Hall–Kier alpha value is -3.02. The lowest BCUT2D eigenvalue weighted by molar-refractivity contribution is 0.547. The molecule has 0 amide bonds. The number of anilines is 3. The molecule has 0 bridgehead atoms. The fraction of sp³-hybridized carbons (Fsp3) is 0.364. The van der Waals surface area contributed by atoms with Crippen molar-refractivity contribution in [2.45, 2.75) is 51.6 Å². The van der Waals surface area contributed by atoms with E-state index in [2.05, 4.69) is 34.0 Å². The molecule has 0 saturated heterocycles. The molecule has 0 unspecified atom stereocenters. The van der Waals surface area contributed by atoms with Crippen LogP contribution in [0.2, 0.25) is 0 Å². The molecule has 0 radical (unpaired) electrons. The van der Waals surface area contributed by atoms with E-state index in [-0.39, 0.29) is 0 Å². The maximum Gasteiger partial charge on any atom is 0.163 e. The number of rotatable bonds is 6. The molecular weight excluding hydrogens is 348 g/mol. The summed E-state index contributed by atoms with van der Waals surface area (Å²) in [6.07, 6.45) is 10.0. The lowest BCUT2D eigenvalue weighted by Gasteiger charge is -2.34. The highest BCUT2D eigenvalue weighted by Crippen LogP contribution is 2.32. The summed E-state index contributed by atoms with van der Waals surface area (Å²) < 4.78 is 0. The molecule has 1 saturated carbocycles. The van der Waals surface area contributed by atoms with E-state index in [0.29, 0.717) is 12.1 Å². The average molecular weight is 374 g/mol. The molecule has 0 spiro atoms. The molecule has 6 nitrogen and oxygen atoms in total. The van der Waals surface area contributed by atoms with Crippen molar-refractivity contribution in [1.29, 1.82) is 0 Å². The van der Waals surface area contributed by atoms with E-state index in [1.54, 1.807) is 12.4 Å². The van der Waals surface area contributed by atoms with E-state index < -0.39 is 0 Å². The molecule has 1 aromatic carbocycles. The lowest BCUT2D eigenvalue weighted by Crippen LogP contribution is -2.39. The summed E-state index contributed by atoms with van der Waals surface area (Å²) in [5.41, 5.74) is 1.81. The van der Waals surface area contributed by atoms with E-state index in [1.807, 2.05) is 36.4 Å². The van der Waals surface area contributed by atoms with Crippen LogP contribution in [0.5, 0.6) is 0 Å². The van der Waals surface area contributed by atoms with Gasteiger partial charge in [0, 0.05) is 23.7 Å². The van der Waals surface area contributed by atoms with Gasteiger partial charge >= 0.3 is 0 Å². The van der Waals surface area contributed by atoms with Crippen LogP contribution in [0.1, 0.15) is 39.5 Å². The molecule has 4 rings (SSSR count). The second-order valence-electron chi connectivity index (χ2n) is 7.49. The Bertz CT molecular complexity index is 891. The van der Waals surface area contributed by atoms with Gasteiger partial charge < -0.3 is 10.2 Å². The zero-order chi connectivity index (χ0) is 19.3. The van der Waals surface area contributed by atoms with Crippen molar-refractivity contribution in [1.82, 2.24) is 19.9 Å². The molecule has 1 fully saturated rings. The van der Waals surface area contributed by atoms with Crippen LogP contribution in [0, 0.1) is 0 Å². The van der Waals surface area contributed by atoms with E-state index in [4.69, 9.17) is 9.97 Å². The highest BCUT2D eigenvalue weighted by atomic mass is 15.2. The van der Waals surface area contributed by atoms with Crippen LogP contribution >= 0.6 is 0 Å². The van der Waals surface area contributed by atoms with Crippen LogP contribution in [0.4, 0.5) is 17.3 Å². The maximum absolute atomic E-state index is 4.96. The number of hydrogen-bond acceptors (Lipinski definition) is 6. The van der Waals surface area contributed by atoms with Gasteiger partial charge in [-0.3, -0.25) is 0 Å². The van der Waals surface area contributed by atoms with E-state index in [0.717, 1.165) is 28.7 Å². The molecule has 1 N–H and O–H groups in total. The van der Waals surface area contributed by atoms with Crippen molar-refractivity contribution in [3.8, 4) is 11.4 Å². The van der Waals surface area contributed by atoms with Gasteiger partial charge in [-0.15, -0.1) is 0 Å². The fourth-order valence-corrected chi connectivity index (χ4v) is 3.91. The molecule has 144 valence electrons. The molecule has 0 atom stereocenters. The molecule has 1 aliphatic rings. The lowest BCUT2D eigenvalue weighted by atomic mass is 10.1. The minimum atomic E-state index is 0.370. The van der Waals surface area contributed by atoms with Gasteiger partial charge in [-0.2, -0.15) is 0 Å². The smallest absolute Gasteiger partial charge is 0.163 e. The topological polar surface area (TPSA) is 66.8 Å². The van der Waals surface area contributed by atoms with Crippen LogP contribution < -0.4 is 10.2 Å². The van der Waals surface area contributed by atoms with Crippen LogP contribution in [-0.2, 0) is 0 Å². The maximum atomic E-state index is 4.96. The van der Waals surface area contributed by atoms with E-state index in [9.17, 15) is 0 Å². The van der Waals surface area contributed by atoms with Crippen molar-refractivity contribution in [2.75, 3.05) is 10.2 Å². The monoisotopic (exact) mass is 374 g/mol. The second-order valence-corrected chi connectivity index (χ2v) is 7.49. The van der Waals surface area contributed by atoms with Gasteiger partial charge in [-0.25, -0.2) is 19.9 Å². The predicted molar refractivity (Wildman–Crippen MR) is 113 cm³/mol. The van der Waals surface area contributed by atoms with Crippen molar-refractivity contribution >= 4 is 17.3 Å². The summed E-state index contributed by atoms with van der Waals surface area (Å²) >= 11 is 0. The van der Waals surface area contributed by atoms with Crippen molar-refractivity contribution in [2.24, 2.45) is 0 Å². The largest absolute Gasteiger partial charge is 0.351 e. The SMILES string of the molecule is CC(C)N(c1cc(Nc2cncnc2)nc(-c2ccccc2)n1)C1CCCC1. The van der Waals surface area contributed by atoms with Crippen LogP contribution in [0.15, 0.2) is 55.1 Å². The Morgan fingerprint density at radius 2 is 1.71 bits per heavy atom. The first kappa shape index (κ1) is 18.3. The number of benzene rings is 1. The first-order valence-electron chi connectivity index (χ1n) is 9.95. The summed E-state index contributed by atoms with van der Waals surface area (Å²) in [6.45, 7) is 4.47. The zero-order valence-electron chi connectivity index (χ0n) is 16.4. The Morgan fingerprint density at radius 1 is 1.00 bits per heavy atom. The normalized spacial score (nSPS) is 14.4. The second kappa shape index (κ2) is 8.33. The number of hydrogen-bond donors (Lipinski definition) is 1. The highest BCUT2D eigenvalue weighted by molar-refractivity contribution is 5.65. The summed E-state index contributed by atoms with van der Waals surface area (Å²) in [5.74, 6) is 2.44. The summed E-state index contributed by atoms with van der Waals surface area (Å²) in [7, 11) is 0. The summed E-state index contributed by atoms with van der Waals surface area (Å²) in [6, 6.07) is 13.1. The molecule has 28 heavy (non-hydrogen) atoms. The fourth-order valence-electron chi connectivity index (χ4n) is 3.91. The van der Waals surface area contributed by atoms with E-state index >= 15 is 0 Å². The standard InChI is InChI=1S/C22H26N6/c1-16(2)28(19-10-6-7-11-19)21-12-20(25-18-13-23-15-24-14-18)26-22(27-21)17-8-4-3-5-9-17/h3-5,8-9,12-16,19H,6-7,10-11H2,1-2H3,(H,25,26,27). The number of nitrogens with one attached hydrogen (secondary N) is 1. The van der Waals surface area contributed by atoms with Crippen molar-refractivity contribution in [3.05, 3.63) is 55.1 Å². The summed E-state index contributed by atoms with van der Waals surface area (Å²) in [4.78, 5) is 20.3. The minimum Gasteiger partial charge on any atom is -0.351 e. The van der Waals surface area contributed by atoms with Gasteiger partial charge in [-0.1, -0.05) is 43.2 Å². The van der Waals surface area contributed by atoms with E-state index in [1.165, 1.54) is 32.0 Å². The molecule has 1 aliphatic carbocycles. The quantitative estimate of drug-likeness (QED) is 0.666. The van der Waals surface area contributed by atoms with Crippen LogP contribution in [0.25, 0.3) is 11.4 Å². The van der Waals surface area contributed by atoms with Crippen molar-refractivity contribution in [3.63, 3.8) is 0 Å². The molecule has 2 heterocycles. The number of aromatic nitrogens is 4. The first-order valence-corrected chi connectivity index (χ1v) is 9.95. The third-order valence-electron chi connectivity index (χ3n) is 5.12. The van der Waals surface area contributed by atoms with Gasteiger partial charge in [-0.05, 0) is 26.7 Å². The third kappa shape index (κ3) is 4.11. The predicted octanol–water partition coefficient (Wildman–Crippen LogP) is 4.83. The van der Waals surface area contributed by atoms with Gasteiger partial charge in [0.15, 0.2) is 5.82 Å². The minimum absolute atomic E-state index is 0.370. The van der Waals surface area contributed by atoms with Crippen LogP contribution in [0.3, 0.4) is 0 Å².